The van der Waals surface area contributed by atoms with Gasteiger partial charge in [-0.25, -0.2) is 4.39 Å². The third-order valence-corrected chi connectivity index (χ3v) is 3.09. The van der Waals surface area contributed by atoms with Gasteiger partial charge in [0.25, 0.3) is 0 Å². The summed E-state index contributed by atoms with van der Waals surface area (Å²) in [5.74, 6) is -0.908. The number of hydrogen-bond acceptors (Lipinski definition) is 4. The number of rotatable bonds is 5. The smallest absolute Gasteiger partial charge is 0.175 e. The normalized spacial score (nSPS) is 18.3. The van der Waals surface area contributed by atoms with Crippen molar-refractivity contribution in [2.45, 2.75) is 13.3 Å². The second-order valence-corrected chi connectivity index (χ2v) is 4.51. The number of hydrogen-bond donors (Lipinski definition) is 0. The first kappa shape index (κ1) is 13.7. The average Bonchev–Trinajstić information content (AvgIpc) is 2.89. The van der Waals surface area contributed by atoms with Gasteiger partial charge in [-0.2, -0.15) is 0 Å². The van der Waals surface area contributed by atoms with Crippen LogP contribution in [0.5, 0.6) is 5.75 Å². The van der Waals surface area contributed by atoms with Gasteiger partial charge in [-0.1, -0.05) is 0 Å². The molecule has 19 heavy (non-hydrogen) atoms. The van der Waals surface area contributed by atoms with E-state index >= 15 is 0 Å². The fraction of sp³-hybridized carbons (Fsp3) is 0.429. The molecule has 0 radical (unpaired) electrons. The lowest BCUT2D eigenvalue weighted by atomic mass is 10.0. The fourth-order valence-corrected chi connectivity index (χ4v) is 1.93. The summed E-state index contributed by atoms with van der Waals surface area (Å²) in [6.07, 6.45) is 0.708. The van der Waals surface area contributed by atoms with E-state index in [1.807, 2.05) is 0 Å². The first-order valence-corrected chi connectivity index (χ1v) is 6.11. The van der Waals surface area contributed by atoms with Crippen LogP contribution in [-0.2, 0) is 9.53 Å². The molecule has 0 amide bonds. The van der Waals surface area contributed by atoms with E-state index in [4.69, 9.17) is 9.47 Å². The SMILES string of the molecule is CC(=O)c1ccc(OCC(=O)C2CCOC2)cc1F. The van der Waals surface area contributed by atoms with E-state index in [0.29, 0.717) is 19.6 Å². The van der Waals surface area contributed by atoms with Crippen molar-refractivity contribution >= 4 is 11.6 Å². The van der Waals surface area contributed by atoms with Crippen LogP contribution in [0.3, 0.4) is 0 Å². The van der Waals surface area contributed by atoms with Crippen molar-refractivity contribution in [3.63, 3.8) is 0 Å². The maximum Gasteiger partial charge on any atom is 0.175 e. The largest absolute Gasteiger partial charge is 0.486 e. The molecule has 1 saturated heterocycles. The zero-order valence-electron chi connectivity index (χ0n) is 10.6. The van der Waals surface area contributed by atoms with E-state index in [2.05, 4.69) is 0 Å². The van der Waals surface area contributed by atoms with Crippen LogP contribution in [-0.4, -0.2) is 31.4 Å². The third kappa shape index (κ3) is 3.38. The Labute approximate surface area is 110 Å². The number of carbonyl (C=O) groups is 2. The summed E-state index contributed by atoms with van der Waals surface area (Å²) >= 11 is 0. The summed E-state index contributed by atoms with van der Waals surface area (Å²) < 4.78 is 23.9. The van der Waals surface area contributed by atoms with Crippen molar-refractivity contribution in [1.29, 1.82) is 0 Å². The summed E-state index contributed by atoms with van der Waals surface area (Å²) in [5, 5.41) is 0. The molecule has 0 aromatic heterocycles. The lowest BCUT2D eigenvalue weighted by molar-refractivity contribution is -0.124. The molecule has 1 fully saturated rings. The van der Waals surface area contributed by atoms with E-state index in [1.165, 1.54) is 19.1 Å². The Morgan fingerprint density at radius 2 is 2.26 bits per heavy atom. The zero-order chi connectivity index (χ0) is 13.8. The van der Waals surface area contributed by atoms with Crippen LogP contribution in [0.15, 0.2) is 18.2 Å². The van der Waals surface area contributed by atoms with Crippen molar-refractivity contribution in [2.24, 2.45) is 5.92 Å². The number of ether oxygens (including phenoxy) is 2. The van der Waals surface area contributed by atoms with Crippen molar-refractivity contribution in [3.8, 4) is 5.75 Å². The topological polar surface area (TPSA) is 52.6 Å². The Balaban J connectivity index is 1.94. The van der Waals surface area contributed by atoms with Crippen molar-refractivity contribution in [2.75, 3.05) is 19.8 Å². The molecule has 0 spiro atoms. The molecule has 102 valence electrons. The van der Waals surface area contributed by atoms with Crippen LogP contribution in [0, 0.1) is 11.7 Å². The summed E-state index contributed by atoms with van der Waals surface area (Å²) in [4.78, 5) is 22.8. The average molecular weight is 266 g/mol. The van der Waals surface area contributed by atoms with Crippen molar-refractivity contribution in [1.82, 2.24) is 0 Å². The molecular weight excluding hydrogens is 251 g/mol. The molecular formula is C14H15FO4. The summed E-state index contributed by atoms with van der Waals surface area (Å²) in [6.45, 7) is 2.22. The molecule has 2 rings (SSSR count). The molecule has 0 aliphatic carbocycles. The number of ketones is 2. The predicted molar refractivity (Wildman–Crippen MR) is 65.8 cm³/mol. The Kier molecular flexibility index (Phi) is 4.27. The highest BCUT2D eigenvalue weighted by Gasteiger charge is 2.23. The number of carbonyl (C=O) groups excluding carboxylic acids is 2. The first-order chi connectivity index (χ1) is 9.08. The van der Waals surface area contributed by atoms with Crippen LogP contribution >= 0.6 is 0 Å². The molecule has 1 unspecified atom stereocenters. The third-order valence-electron chi connectivity index (χ3n) is 3.09. The van der Waals surface area contributed by atoms with Gasteiger partial charge in [0, 0.05) is 18.6 Å². The molecule has 1 atom stereocenters. The molecule has 0 bridgehead atoms. The van der Waals surface area contributed by atoms with Gasteiger partial charge in [0.15, 0.2) is 11.6 Å². The molecule has 0 saturated carbocycles. The first-order valence-electron chi connectivity index (χ1n) is 6.11. The Bertz CT molecular complexity index is 492. The summed E-state index contributed by atoms with van der Waals surface area (Å²) in [7, 11) is 0. The monoisotopic (exact) mass is 266 g/mol. The minimum absolute atomic E-state index is 0.0165. The second kappa shape index (κ2) is 5.93. The quantitative estimate of drug-likeness (QED) is 0.765. The van der Waals surface area contributed by atoms with Gasteiger partial charge in [0.2, 0.25) is 0 Å². The Morgan fingerprint density at radius 1 is 1.47 bits per heavy atom. The zero-order valence-corrected chi connectivity index (χ0v) is 10.6. The van der Waals surface area contributed by atoms with E-state index < -0.39 is 5.82 Å². The maximum absolute atomic E-state index is 13.5. The van der Waals surface area contributed by atoms with Crippen LogP contribution in [0.4, 0.5) is 4.39 Å². The van der Waals surface area contributed by atoms with E-state index in [9.17, 15) is 14.0 Å². The second-order valence-electron chi connectivity index (χ2n) is 4.51. The lowest BCUT2D eigenvalue weighted by Gasteiger charge is -2.09. The van der Waals surface area contributed by atoms with Gasteiger partial charge >= 0.3 is 0 Å². The van der Waals surface area contributed by atoms with Crippen LogP contribution in [0.1, 0.15) is 23.7 Å². The van der Waals surface area contributed by atoms with Crippen LogP contribution in [0.2, 0.25) is 0 Å². The van der Waals surface area contributed by atoms with Gasteiger partial charge in [0.05, 0.1) is 12.2 Å². The Hall–Kier alpha value is -1.75. The minimum atomic E-state index is -0.637. The van der Waals surface area contributed by atoms with E-state index in [0.717, 1.165) is 6.07 Å². The van der Waals surface area contributed by atoms with Crippen LogP contribution < -0.4 is 4.74 Å². The van der Waals surface area contributed by atoms with Gasteiger partial charge < -0.3 is 9.47 Å². The summed E-state index contributed by atoms with van der Waals surface area (Å²) in [6, 6.07) is 3.96. The fourth-order valence-electron chi connectivity index (χ4n) is 1.93. The standard InChI is InChI=1S/C14H15FO4/c1-9(16)12-3-2-11(6-13(12)15)19-8-14(17)10-4-5-18-7-10/h2-3,6,10H,4-5,7-8H2,1H3. The molecule has 5 heteroatoms. The van der Waals surface area contributed by atoms with E-state index in [1.54, 1.807) is 0 Å². The van der Waals surface area contributed by atoms with E-state index in [-0.39, 0.29) is 35.4 Å². The van der Waals surface area contributed by atoms with Crippen LogP contribution in [0.25, 0.3) is 0 Å². The number of halogens is 1. The number of benzene rings is 1. The molecule has 1 heterocycles. The number of Topliss-reactive ketones (excluding diaryl/α,β-unsaturated/α-hetero) is 2. The highest BCUT2D eigenvalue weighted by molar-refractivity contribution is 5.94. The molecule has 1 aliphatic heterocycles. The van der Waals surface area contributed by atoms with Crippen molar-refractivity contribution < 1.29 is 23.5 Å². The molecule has 1 aromatic carbocycles. The molecule has 1 aliphatic rings. The minimum Gasteiger partial charge on any atom is -0.486 e. The summed E-state index contributed by atoms with van der Waals surface area (Å²) in [5.41, 5.74) is 0.0165. The molecule has 4 nitrogen and oxygen atoms in total. The van der Waals surface area contributed by atoms with Crippen molar-refractivity contribution in [3.05, 3.63) is 29.6 Å². The molecule has 0 N–H and O–H groups in total. The highest BCUT2D eigenvalue weighted by Crippen LogP contribution is 2.18. The predicted octanol–water partition coefficient (Wildman–Crippen LogP) is 2.01. The Morgan fingerprint density at radius 3 is 2.84 bits per heavy atom. The highest BCUT2D eigenvalue weighted by atomic mass is 19.1. The van der Waals surface area contributed by atoms with Gasteiger partial charge in [0.1, 0.15) is 18.2 Å². The molecule has 1 aromatic rings. The van der Waals surface area contributed by atoms with Gasteiger partial charge in [-0.15, -0.1) is 0 Å². The maximum atomic E-state index is 13.5. The lowest BCUT2D eigenvalue weighted by Crippen LogP contribution is -2.21. The van der Waals surface area contributed by atoms with Gasteiger partial charge in [-0.05, 0) is 25.5 Å². The van der Waals surface area contributed by atoms with Gasteiger partial charge in [-0.3, -0.25) is 9.59 Å².